The summed E-state index contributed by atoms with van der Waals surface area (Å²) in [7, 11) is -4.89. The molecule has 4 rings (SSSR count). The Morgan fingerprint density at radius 1 is 1.06 bits per heavy atom. The molecule has 0 radical (unpaired) electrons. The molecule has 0 aromatic heterocycles. The highest BCUT2D eigenvalue weighted by molar-refractivity contribution is 8.13. The molecular weight excluding hydrogens is 459 g/mol. The molecule has 2 aliphatic heterocycles. The summed E-state index contributed by atoms with van der Waals surface area (Å²) in [5.74, 6) is 0.0952. The summed E-state index contributed by atoms with van der Waals surface area (Å²) >= 11 is 1.25. The van der Waals surface area contributed by atoms with Gasteiger partial charge in [0.25, 0.3) is 0 Å². The lowest BCUT2D eigenvalue weighted by Gasteiger charge is -2.12. The quantitative estimate of drug-likeness (QED) is 0.644. The predicted octanol–water partition coefficient (Wildman–Crippen LogP) is 3.00. The monoisotopic (exact) mass is 472 g/mol. The standard InChI is InChI=1S/C19H13FN6O4S2/c20-32(29,30)13-6-3-5-12(8-13)23-18(28)24-14-7-2-1-4-11(14)9-31-19-25-15-16(26-19)21-10-22-17(15)27/h1-8,10H,9H2,(H2,23,24,28). The number of amides is 3. The minimum absolute atomic E-state index is 0.0957. The first-order valence-electron chi connectivity index (χ1n) is 8.95. The fraction of sp³-hybridized carbons (Fsp3) is 0.0526. The van der Waals surface area contributed by atoms with Crippen molar-refractivity contribution in [2.45, 2.75) is 10.6 Å². The van der Waals surface area contributed by atoms with Crippen LogP contribution in [0.1, 0.15) is 5.56 Å². The van der Waals surface area contributed by atoms with Crippen molar-refractivity contribution in [2.24, 2.45) is 20.0 Å². The van der Waals surface area contributed by atoms with Gasteiger partial charge in [-0.2, -0.15) is 13.4 Å². The van der Waals surface area contributed by atoms with Gasteiger partial charge in [-0.1, -0.05) is 36.0 Å². The average Bonchev–Trinajstić information content (AvgIpc) is 3.17. The highest BCUT2D eigenvalue weighted by Crippen LogP contribution is 2.25. The van der Waals surface area contributed by atoms with E-state index >= 15 is 0 Å². The van der Waals surface area contributed by atoms with Crippen LogP contribution in [0.15, 0.2) is 73.4 Å². The zero-order valence-electron chi connectivity index (χ0n) is 16.0. The molecule has 0 saturated carbocycles. The maximum atomic E-state index is 13.2. The highest BCUT2D eigenvalue weighted by atomic mass is 32.3. The van der Waals surface area contributed by atoms with Crippen molar-refractivity contribution in [2.75, 3.05) is 10.6 Å². The molecule has 32 heavy (non-hydrogen) atoms. The number of nitrogens with one attached hydrogen (secondary N) is 2. The lowest BCUT2D eigenvalue weighted by atomic mass is 10.2. The van der Waals surface area contributed by atoms with Crippen LogP contribution in [0.2, 0.25) is 0 Å². The molecule has 0 unspecified atom stereocenters. The van der Waals surface area contributed by atoms with Gasteiger partial charge in [-0.15, -0.1) is 3.89 Å². The molecule has 0 spiro atoms. The molecule has 162 valence electrons. The van der Waals surface area contributed by atoms with Crippen molar-refractivity contribution >= 4 is 68.4 Å². The van der Waals surface area contributed by atoms with Crippen molar-refractivity contribution < 1.29 is 21.9 Å². The molecule has 0 fully saturated rings. The summed E-state index contributed by atoms with van der Waals surface area (Å²) in [6.45, 7) is 0. The minimum atomic E-state index is -4.89. The summed E-state index contributed by atoms with van der Waals surface area (Å²) in [5, 5.41) is 5.48. The number of carbonyl (C=O) groups excluding carboxylic acids is 2. The Balaban J connectivity index is 1.42. The Bertz CT molecular complexity index is 1350. The number of fused-ring (bicyclic) bond motifs is 1. The molecule has 0 saturated heterocycles. The van der Waals surface area contributed by atoms with Gasteiger partial charge in [0.05, 0.1) is 0 Å². The van der Waals surface area contributed by atoms with Gasteiger partial charge < -0.3 is 10.6 Å². The van der Waals surface area contributed by atoms with Crippen LogP contribution >= 0.6 is 11.8 Å². The highest BCUT2D eigenvalue weighted by Gasteiger charge is 2.26. The Morgan fingerprint density at radius 2 is 1.88 bits per heavy atom. The van der Waals surface area contributed by atoms with Crippen molar-refractivity contribution in [3.8, 4) is 0 Å². The first kappa shape index (κ1) is 21.5. The number of amidine groups is 2. The van der Waals surface area contributed by atoms with Crippen molar-refractivity contribution in [3.05, 3.63) is 54.1 Å². The van der Waals surface area contributed by atoms with Gasteiger partial charge in [0.15, 0.2) is 16.7 Å². The van der Waals surface area contributed by atoms with E-state index in [1.54, 1.807) is 24.3 Å². The second kappa shape index (κ2) is 8.80. The molecule has 2 aliphatic rings. The van der Waals surface area contributed by atoms with Crippen molar-refractivity contribution in [1.29, 1.82) is 0 Å². The van der Waals surface area contributed by atoms with Gasteiger partial charge in [-0.3, -0.25) is 4.79 Å². The smallest absolute Gasteiger partial charge is 0.308 e. The zero-order chi connectivity index (χ0) is 22.7. The van der Waals surface area contributed by atoms with Crippen LogP contribution in [0.25, 0.3) is 0 Å². The van der Waals surface area contributed by atoms with Gasteiger partial charge in [0, 0.05) is 17.1 Å². The van der Waals surface area contributed by atoms with E-state index in [0.717, 1.165) is 24.0 Å². The lowest BCUT2D eigenvalue weighted by molar-refractivity contribution is -0.111. The van der Waals surface area contributed by atoms with Crippen LogP contribution in [0.3, 0.4) is 0 Å². The van der Waals surface area contributed by atoms with Crippen LogP contribution in [0.4, 0.5) is 20.1 Å². The van der Waals surface area contributed by atoms with Gasteiger partial charge in [0.2, 0.25) is 0 Å². The Kier molecular flexibility index (Phi) is 5.92. The number of nitrogens with zero attached hydrogens (tertiary/aromatic N) is 4. The van der Waals surface area contributed by atoms with E-state index in [0.29, 0.717) is 16.6 Å². The third kappa shape index (κ3) is 4.95. The molecule has 2 heterocycles. The number of hydrogen-bond donors (Lipinski definition) is 2. The van der Waals surface area contributed by atoms with Crippen LogP contribution in [-0.4, -0.2) is 43.4 Å². The van der Waals surface area contributed by atoms with Crippen molar-refractivity contribution in [1.82, 2.24) is 0 Å². The predicted molar refractivity (Wildman–Crippen MR) is 121 cm³/mol. The van der Waals surface area contributed by atoms with E-state index in [2.05, 4.69) is 30.6 Å². The minimum Gasteiger partial charge on any atom is -0.308 e. The van der Waals surface area contributed by atoms with E-state index in [9.17, 15) is 21.9 Å². The molecule has 3 amide bonds. The summed E-state index contributed by atoms with van der Waals surface area (Å²) in [6.07, 6.45) is 1.13. The van der Waals surface area contributed by atoms with E-state index in [1.807, 2.05) is 0 Å². The molecule has 13 heteroatoms. The van der Waals surface area contributed by atoms with Crippen LogP contribution in [0.5, 0.6) is 0 Å². The third-order valence-corrected chi connectivity index (χ3v) is 5.89. The number of benzene rings is 2. The average molecular weight is 472 g/mol. The first-order valence-corrected chi connectivity index (χ1v) is 11.3. The number of aliphatic imine (C=N–C) groups is 4. The molecule has 0 aliphatic carbocycles. The van der Waals surface area contributed by atoms with Gasteiger partial charge in [0.1, 0.15) is 11.2 Å². The largest absolute Gasteiger partial charge is 0.332 e. The van der Waals surface area contributed by atoms with Gasteiger partial charge >= 0.3 is 22.2 Å². The Labute approximate surface area is 185 Å². The fourth-order valence-electron chi connectivity index (χ4n) is 2.73. The van der Waals surface area contributed by atoms with Gasteiger partial charge in [-0.25, -0.2) is 19.8 Å². The number of halogens is 1. The topological polar surface area (TPSA) is 142 Å². The van der Waals surface area contributed by atoms with Gasteiger partial charge in [-0.05, 0) is 29.8 Å². The van der Waals surface area contributed by atoms with E-state index in [1.165, 1.54) is 23.9 Å². The summed E-state index contributed by atoms with van der Waals surface area (Å²) in [5.41, 5.74) is 1.44. The first-order chi connectivity index (χ1) is 15.3. The van der Waals surface area contributed by atoms with Crippen molar-refractivity contribution in [3.63, 3.8) is 0 Å². The summed E-state index contributed by atoms with van der Waals surface area (Å²) < 4.78 is 35.2. The van der Waals surface area contributed by atoms with E-state index < -0.39 is 27.1 Å². The summed E-state index contributed by atoms with van der Waals surface area (Å²) in [4.78, 5) is 39.3. The number of hydrogen-bond acceptors (Lipinski definition) is 8. The molecule has 10 nitrogen and oxygen atoms in total. The second-order valence-corrected chi connectivity index (χ2v) is 8.64. The van der Waals surface area contributed by atoms with Crippen LogP contribution in [-0.2, 0) is 20.8 Å². The number of rotatable bonds is 5. The number of para-hydroxylation sites is 1. The molecule has 2 N–H and O–H groups in total. The van der Waals surface area contributed by atoms with E-state index in [-0.39, 0.29) is 17.2 Å². The van der Waals surface area contributed by atoms with Crippen LogP contribution < -0.4 is 10.6 Å². The molecular formula is C19H13FN6O4S2. The zero-order valence-corrected chi connectivity index (χ0v) is 17.7. The number of thioether (sulfide) groups is 1. The lowest BCUT2D eigenvalue weighted by Crippen LogP contribution is -2.21. The second-order valence-electron chi connectivity index (χ2n) is 6.35. The maximum absolute atomic E-state index is 13.2. The Morgan fingerprint density at radius 3 is 2.66 bits per heavy atom. The number of carbonyl (C=O) groups is 2. The molecule has 2 aromatic carbocycles. The number of urea groups is 1. The SMILES string of the molecule is O=C(Nc1cccc(S(=O)(=O)F)c1)Nc1ccccc1CSC1=NC2=NC=NC(=O)C2=N1. The van der Waals surface area contributed by atoms with E-state index in [4.69, 9.17) is 0 Å². The third-order valence-electron chi connectivity index (χ3n) is 4.17. The Hall–Kier alpha value is -3.71. The normalized spacial score (nSPS) is 14.9. The molecule has 2 aromatic rings. The molecule has 0 bridgehead atoms. The van der Waals surface area contributed by atoms with Crippen LogP contribution in [0, 0.1) is 0 Å². The molecule has 0 atom stereocenters. The number of anilines is 2. The summed E-state index contributed by atoms with van der Waals surface area (Å²) in [6, 6.07) is 11.2. The fourth-order valence-corrected chi connectivity index (χ4v) is 4.08. The maximum Gasteiger partial charge on any atom is 0.332 e.